The normalized spacial score (nSPS) is 15.3. The van der Waals surface area contributed by atoms with Crippen molar-refractivity contribution in [3.63, 3.8) is 0 Å². The fourth-order valence-corrected chi connectivity index (χ4v) is 4.45. The zero-order chi connectivity index (χ0) is 17.9. The molecular weight excluding hydrogens is 344 g/mol. The van der Waals surface area contributed by atoms with Gasteiger partial charge in [0.05, 0.1) is 18.1 Å². The van der Waals surface area contributed by atoms with E-state index >= 15 is 0 Å². The van der Waals surface area contributed by atoms with Crippen LogP contribution in [0.2, 0.25) is 0 Å². The topological polar surface area (TPSA) is 41.6 Å². The summed E-state index contributed by atoms with van der Waals surface area (Å²) in [5.74, 6) is -0.0350. The molecule has 1 saturated heterocycles. The number of carbonyl (C=O) groups is 1. The lowest BCUT2D eigenvalue weighted by molar-refractivity contribution is 0.0342. The SMILES string of the molecule is Cc1c(C(=O)Nc2cccc(CN3CCOCC3)c2)sc2ccccc12. The highest BCUT2D eigenvalue weighted by Gasteiger charge is 2.16. The lowest BCUT2D eigenvalue weighted by Crippen LogP contribution is -2.35. The molecule has 5 heteroatoms. The van der Waals surface area contributed by atoms with Crippen LogP contribution < -0.4 is 5.32 Å². The van der Waals surface area contributed by atoms with Crippen LogP contribution in [0, 0.1) is 6.92 Å². The van der Waals surface area contributed by atoms with Crippen LogP contribution in [0.5, 0.6) is 0 Å². The van der Waals surface area contributed by atoms with E-state index in [0.717, 1.165) is 59.1 Å². The molecule has 0 aliphatic carbocycles. The first kappa shape index (κ1) is 17.2. The summed E-state index contributed by atoms with van der Waals surface area (Å²) < 4.78 is 6.55. The maximum atomic E-state index is 12.8. The Morgan fingerprint density at radius 1 is 1.15 bits per heavy atom. The first-order chi connectivity index (χ1) is 12.7. The van der Waals surface area contributed by atoms with Gasteiger partial charge in [0.15, 0.2) is 0 Å². The average Bonchev–Trinajstić information content (AvgIpc) is 3.00. The van der Waals surface area contributed by atoms with Crippen molar-refractivity contribution in [3.8, 4) is 0 Å². The Bertz CT molecular complexity index is 929. The van der Waals surface area contributed by atoms with Gasteiger partial charge in [-0.2, -0.15) is 0 Å². The standard InChI is InChI=1S/C21H22N2O2S/c1-15-18-7-2-3-8-19(18)26-20(15)21(24)22-17-6-4-5-16(13-17)14-23-9-11-25-12-10-23/h2-8,13H,9-12,14H2,1H3,(H,22,24). The molecule has 1 N–H and O–H groups in total. The summed E-state index contributed by atoms with van der Waals surface area (Å²) >= 11 is 1.55. The molecule has 26 heavy (non-hydrogen) atoms. The number of aryl methyl sites for hydroxylation is 1. The number of hydrogen-bond donors (Lipinski definition) is 1. The Morgan fingerprint density at radius 3 is 2.77 bits per heavy atom. The highest BCUT2D eigenvalue weighted by molar-refractivity contribution is 7.21. The van der Waals surface area contributed by atoms with Gasteiger partial charge in [0, 0.05) is 30.0 Å². The second-order valence-corrected chi connectivity index (χ2v) is 7.65. The number of nitrogens with zero attached hydrogens (tertiary/aromatic N) is 1. The molecule has 2 aromatic carbocycles. The molecule has 0 bridgehead atoms. The van der Waals surface area contributed by atoms with Crippen molar-refractivity contribution in [3.05, 3.63) is 64.5 Å². The summed E-state index contributed by atoms with van der Waals surface area (Å²) in [5.41, 5.74) is 3.10. The number of ether oxygens (including phenoxy) is 1. The van der Waals surface area contributed by atoms with Crippen molar-refractivity contribution in [2.45, 2.75) is 13.5 Å². The van der Waals surface area contributed by atoms with E-state index in [-0.39, 0.29) is 5.91 Å². The van der Waals surface area contributed by atoms with Crippen LogP contribution >= 0.6 is 11.3 Å². The van der Waals surface area contributed by atoms with Crippen molar-refractivity contribution < 1.29 is 9.53 Å². The molecule has 4 rings (SSSR count). The lowest BCUT2D eigenvalue weighted by atomic mass is 10.1. The van der Waals surface area contributed by atoms with Crippen LogP contribution in [0.3, 0.4) is 0 Å². The molecule has 2 heterocycles. The number of anilines is 1. The number of amides is 1. The van der Waals surface area contributed by atoms with Crippen LogP contribution in [0.25, 0.3) is 10.1 Å². The lowest BCUT2D eigenvalue weighted by Gasteiger charge is -2.26. The van der Waals surface area contributed by atoms with Gasteiger partial charge in [-0.25, -0.2) is 0 Å². The summed E-state index contributed by atoms with van der Waals surface area (Å²) in [6.07, 6.45) is 0. The highest BCUT2D eigenvalue weighted by atomic mass is 32.1. The van der Waals surface area contributed by atoms with Gasteiger partial charge >= 0.3 is 0 Å². The number of hydrogen-bond acceptors (Lipinski definition) is 4. The quantitative estimate of drug-likeness (QED) is 0.749. The second kappa shape index (κ2) is 7.58. The number of morpholine rings is 1. The van der Waals surface area contributed by atoms with E-state index in [1.807, 2.05) is 31.2 Å². The number of rotatable bonds is 4. The molecule has 134 valence electrons. The maximum absolute atomic E-state index is 12.8. The predicted octanol–water partition coefficient (Wildman–Crippen LogP) is 4.29. The monoisotopic (exact) mass is 366 g/mol. The van der Waals surface area contributed by atoms with Crippen LogP contribution in [0.15, 0.2) is 48.5 Å². The Balaban J connectivity index is 1.50. The first-order valence-electron chi connectivity index (χ1n) is 8.89. The minimum Gasteiger partial charge on any atom is -0.379 e. The summed E-state index contributed by atoms with van der Waals surface area (Å²) in [5, 5.41) is 4.22. The molecule has 3 aromatic rings. The van der Waals surface area contributed by atoms with Gasteiger partial charge in [-0.3, -0.25) is 9.69 Å². The number of nitrogens with one attached hydrogen (secondary N) is 1. The largest absolute Gasteiger partial charge is 0.379 e. The summed E-state index contributed by atoms with van der Waals surface area (Å²) in [6, 6.07) is 16.3. The van der Waals surface area contributed by atoms with E-state index in [1.165, 1.54) is 5.56 Å². The van der Waals surface area contributed by atoms with Crippen LogP contribution in [-0.4, -0.2) is 37.1 Å². The molecule has 0 radical (unpaired) electrons. The second-order valence-electron chi connectivity index (χ2n) is 6.60. The van der Waals surface area contributed by atoms with Crippen molar-refractivity contribution in [2.24, 2.45) is 0 Å². The zero-order valence-electron chi connectivity index (χ0n) is 14.8. The Hall–Kier alpha value is -2.21. The van der Waals surface area contributed by atoms with Gasteiger partial charge < -0.3 is 10.1 Å². The minimum absolute atomic E-state index is 0.0350. The Labute approximate surface area is 157 Å². The number of fused-ring (bicyclic) bond motifs is 1. The van der Waals surface area contributed by atoms with E-state index in [4.69, 9.17) is 4.74 Å². The van der Waals surface area contributed by atoms with E-state index in [9.17, 15) is 4.79 Å². The molecule has 1 aliphatic heterocycles. The van der Waals surface area contributed by atoms with E-state index < -0.39 is 0 Å². The van der Waals surface area contributed by atoms with E-state index in [2.05, 4.69) is 34.5 Å². The molecule has 1 fully saturated rings. The Kier molecular flexibility index (Phi) is 5.02. The number of carbonyl (C=O) groups excluding carboxylic acids is 1. The fraction of sp³-hybridized carbons (Fsp3) is 0.286. The zero-order valence-corrected chi connectivity index (χ0v) is 15.6. The van der Waals surface area contributed by atoms with Gasteiger partial charge in [0.1, 0.15) is 0 Å². The van der Waals surface area contributed by atoms with E-state index in [0.29, 0.717) is 0 Å². The molecule has 0 spiro atoms. The van der Waals surface area contributed by atoms with E-state index in [1.54, 1.807) is 11.3 Å². The summed E-state index contributed by atoms with van der Waals surface area (Å²) in [6.45, 7) is 6.40. The van der Waals surface area contributed by atoms with Gasteiger partial charge in [-0.1, -0.05) is 30.3 Å². The van der Waals surface area contributed by atoms with Gasteiger partial charge in [0.25, 0.3) is 5.91 Å². The van der Waals surface area contributed by atoms with Crippen molar-refractivity contribution in [1.82, 2.24) is 4.90 Å². The Morgan fingerprint density at radius 2 is 1.96 bits per heavy atom. The third-order valence-electron chi connectivity index (χ3n) is 4.74. The highest BCUT2D eigenvalue weighted by Crippen LogP contribution is 2.31. The molecule has 0 saturated carbocycles. The minimum atomic E-state index is -0.0350. The third kappa shape index (κ3) is 3.65. The number of benzene rings is 2. The van der Waals surface area contributed by atoms with Gasteiger partial charge in [-0.05, 0) is 41.6 Å². The molecule has 1 aromatic heterocycles. The summed E-state index contributed by atoms with van der Waals surface area (Å²) in [7, 11) is 0. The van der Waals surface area contributed by atoms with Crippen molar-refractivity contribution in [1.29, 1.82) is 0 Å². The predicted molar refractivity (Wildman–Crippen MR) is 107 cm³/mol. The summed E-state index contributed by atoms with van der Waals surface area (Å²) in [4.78, 5) is 15.9. The van der Waals surface area contributed by atoms with Crippen LogP contribution in [-0.2, 0) is 11.3 Å². The smallest absolute Gasteiger partial charge is 0.266 e. The molecule has 1 aliphatic rings. The van der Waals surface area contributed by atoms with Crippen LogP contribution in [0.1, 0.15) is 20.8 Å². The third-order valence-corrected chi connectivity index (χ3v) is 6.02. The van der Waals surface area contributed by atoms with Gasteiger partial charge in [0.2, 0.25) is 0 Å². The van der Waals surface area contributed by atoms with Crippen molar-refractivity contribution >= 4 is 33.0 Å². The fourth-order valence-electron chi connectivity index (χ4n) is 3.34. The molecule has 1 amide bonds. The number of thiophene rings is 1. The van der Waals surface area contributed by atoms with Crippen LogP contribution in [0.4, 0.5) is 5.69 Å². The molecule has 0 atom stereocenters. The maximum Gasteiger partial charge on any atom is 0.266 e. The molecular formula is C21H22N2O2S. The van der Waals surface area contributed by atoms with Crippen molar-refractivity contribution in [2.75, 3.05) is 31.6 Å². The first-order valence-corrected chi connectivity index (χ1v) is 9.71. The molecule has 0 unspecified atom stereocenters. The molecule has 4 nitrogen and oxygen atoms in total. The average molecular weight is 366 g/mol. The van der Waals surface area contributed by atoms with Gasteiger partial charge in [-0.15, -0.1) is 11.3 Å².